The molecule has 0 aromatic heterocycles. The third kappa shape index (κ3) is 4.84. The molecule has 2 heterocycles. The highest BCUT2D eigenvalue weighted by atomic mass is 19.4. The van der Waals surface area contributed by atoms with E-state index < -0.39 is 17.6 Å². The third-order valence-electron chi connectivity index (χ3n) is 5.88. The van der Waals surface area contributed by atoms with Gasteiger partial charge in [0.15, 0.2) is 0 Å². The van der Waals surface area contributed by atoms with Crippen LogP contribution in [-0.2, 0) is 22.2 Å². The third-order valence-corrected chi connectivity index (χ3v) is 5.88. The molecule has 2 aliphatic heterocycles. The highest BCUT2D eigenvalue weighted by Crippen LogP contribution is 2.37. The van der Waals surface area contributed by atoms with E-state index in [-0.39, 0.29) is 23.9 Å². The molecule has 31 heavy (non-hydrogen) atoms. The maximum atomic E-state index is 13.2. The molecule has 2 amide bonds. The normalized spacial score (nSPS) is 18.5. The molecule has 1 atom stereocenters. The average molecular weight is 431 g/mol. The van der Waals surface area contributed by atoms with E-state index in [9.17, 15) is 22.8 Å². The molecule has 0 unspecified atom stereocenters. The lowest BCUT2D eigenvalue weighted by Gasteiger charge is -2.25. The molecule has 0 radical (unpaired) electrons. The van der Waals surface area contributed by atoms with Gasteiger partial charge in [-0.3, -0.25) is 9.59 Å². The summed E-state index contributed by atoms with van der Waals surface area (Å²) in [5.41, 5.74) is 1.77. The molecule has 8 heteroatoms. The van der Waals surface area contributed by atoms with Crippen molar-refractivity contribution in [3.05, 3.63) is 53.6 Å². The topological polar surface area (TPSA) is 61.4 Å². The molecule has 0 saturated carbocycles. The predicted molar refractivity (Wildman–Crippen MR) is 113 cm³/mol. The van der Waals surface area contributed by atoms with Crippen molar-refractivity contribution in [3.8, 4) is 0 Å². The number of rotatable bonds is 5. The number of hydrogen-bond acceptors (Lipinski definition) is 3. The van der Waals surface area contributed by atoms with Gasteiger partial charge in [0.25, 0.3) is 0 Å². The van der Waals surface area contributed by atoms with E-state index in [0.717, 1.165) is 49.3 Å². The largest absolute Gasteiger partial charge is 0.416 e. The average Bonchev–Trinajstić information content (AvgIpc) is 3.26. The first-order valence-corrected chi connectivity index (χ1v) is 10.5. The van der Waals surface area contributed by atoms with Crippen molar-refractivity contribution in [1.82, 2.24) is 0 Å². The van der Waals surface area contributed by atoms with Gasteiger partial charge in [-0.15, -0.1) is 0 Å². The summed E-state index contributed by atoms with van der Waals surface area (Å²) >= 11 is 0. The van der Waals surface area contributed by atoms with Gasteiger partial charge in [-0.1, -0.05) is 18.2 Å². The Balaban J connectivity index is 1.44. The summed E-state index contributed by atoms with van der Waals surface area (Å²) in [6.07, 6.45) is -1.65. The Labute approximate surface area is 178 Å². The zero-order chi connectivity index (χ0) is 22.0. The van der Waals surface area contributed by atoms with Gasteiger partial charge in [-0.2, -0.15) is 13.2 Å². The van der Waals surface area contributed by atoms with Crippen LogP contribution in [0.25, 0.3) is 0 Å². The summed E-state index contributed by atoms with van der Waals surface area (Å²) in [6, 6.07) is 11.0. The fourth-order valence-corrected chi connectivity index (χ4v) is 4.21. The Kier molecular flexibility index (Phi) is 5.89. The van der Waals surface area contributed by atoms with Crippen LogP contribution >= 0.6 is 0 Å². The molecule has 2 aromatic carbocycles. The number of alkyl halides is 3. The van der Waals surface area contributed by atoms with Crippen LogP contribution < -0.4 is 15.5 Å². The number of nitrogens with zero attached hydrogens (tertiary/aromatic N) is 1. The lowest BCUT2D eigenvalue weighted by molar-refractivity contribution is -0.137. The second-order valence-corrected chi connectivity index (χ2v) is 8.06. The minimum Gasteiger partial charge on any atom is -0.370 e. The van der Waals surface area contributed by atoms with Crippen LogP contribution in [0.2, 0.25) is 0 Å². The van der Waals surface area contributed by atoms with Gasteiger partial charge in [0.1, 0.15) is 0 Å². The van der Waals surface area contributed by atoms with Gasteiger partial charge in [-0.05, 0) is 55.5 Å². The molecular formula is C23H24F3N3O2. The van der Waals surface area contributed by atoms with Gasteiger partial charge in [0.2, 0.25) is 11.8 Å². The number of hydrogen-bond donors (Lipinski definition) is 2. The van der Waals surface area contributed by atoms with Crippen LogP contribution in [0.1, 0.15) is 36.8 Å². The van der Waals surface area contributed by atoms with E-state index in [1.165, 1.54) is 6.07 Å². The van der Waals surface area contributed by atoms with E-state index in [0.29, 0.717) is 18.5 Å². The number of nitrogens with one attached hydrogen (secondary N) is 2. The number of anilines is 3. The zero-order valence-electron chi connectivity index (χ0n) is 17.0. The molecule has 4 rings (SSSR count). The number of para-hydroxylation sites is 1. The summed E-state index contributed by atoms with van der Waals surface area (Å²) in [6.45, 7) is 1.49. The fraction of sp³-hybridized carbons (Fsp3) is 0.391. The second kappa shape index (κ2) is 8.61. The molecule has 0 aliphatic carbocycles. The van der Waals surface area contributed by atoms with Crippen molar-refractivity contribution in [3.63, 3.8) is 0 Å². The minimum absolute atomic E-state index is 0.0515. The number of halogens is 3. The van der Waals surface area contributed by atoms with Crippen molar-refractivity contribution in [2.75, 3.05) is 28.6 Å². The van der Waals surface area contributed by atoms with Crippen molar-refractivity contribution >= 4 is 28.9 Å². The Morgan fingerprint density at radius 1 is 1.13 bits per heavy atom. The van der Waals surface area contributed by atoms with Gasteiger partial charge in [0, 0.05) is 31.1 Å². The molecule has 2 aromatic rings. The van der Waals surface area contributed by atoms with E-state index in [1.807, 2.05) is 29.2 Å². The number of carbonyl (C=O) groups is 2. The molecular weight excluding hydrogens is 407 g/mol. The van der Waals surface area contributed by atoms with Gasteiger partial charge in [-0.25, -0.2) is 0 Å². The molecule has 2 N–H and O–H groups in total. The zero-order valence-corrected chi connectivity index (χ0v) is 17.0. The van der Waals surface area contributed by atoms with Gasteiger partial charge >= 0.3 is 6.18 Å². The van der Waals surface area contributed by atoms with E-state index >= 15 is 0 Å². The number of carbonyl (C=O) groups excluding carboxylic acids is 2. The van der Waals surface area contributed by atoms with Crippen LogP contribution in [0.15, 0.2) is 42.5 Å². The molecule has 164 valence electrons. The molecule has 2 aliphatic rings. The lowest BCUT2D eigenvalue weighted by atomic mass is 9.89. The Bertz CT molecular complexity index is 984. The van der Waals surface area contributed by atoms with Crippen LogP contribution in [0.5, 0.6) is 0 Å². The Morgan fingerprint density at radius 2 is 1.87 bits per heavy atom. The lowest BCUT2D eigenvalue weighted by Crippen LogP contribution is -2.30. The van der Waals surface area contributed by atoms with E-state index in [1.54, 1.807) is 0 Å². The number of amides is 2. The second-order valence-electron chi connectivity index (χ2n) is 8.06. The monoisotopic (exact) mass is 431 g/mol. The summed E-state index contributed by atoms with van der Waals surface area (Å²) < 4.78 is 39.6. The highest BCUT2D eigenvalue weighted by molar-refractivity contribution is 5.97. The van der Waals surface area contributed by atoms with Crippen LogP contribution in [0.3, 0.4) is 0 Å². The standard InChI is InChI=1S/C23H24F3N3O2/c24-23(25,26)17-8-9-20(29-11-3-4-12-29)19(14-17)27-21(30)10-7-16-13-15-5-1-2-6-18(15)28-22(16)31/h1-2,5-6,8-9,14,16H,3-4,7,10-13H2,(H,27,30)(H,28,31)/t16-/m1/s1. The highest BCUT2D eigenvalue weighted by Gasteiger charge is 2.32. The minimum atomic E-state index is -4.49. The van der Waals surface area contributed by atoms with Crippen molar-refractivity contribution in [1.29, 1.82) is 0 Å². The summed E-state index contributed by atoms with van der Waals surface area (Å²) in [7, 11) is 0. The molecule has 1 saturated heterocycles. The van der Waals surface area contributed by atoms with Crippen molar-refractivity contribution in [2.24, 2.45) is 5.92 Å². The van der Waals surface area contributed by atoms with Crippen molar-refractivity contribution in [2.45, 2.75) is 38.3 Å². The summed E-state index contributed by atoms with van der Waals surface area (Å²) in [4.78, 5) is 26.9. The maximum Gasteiger partial charge on any atom is 0.416 e. The molecule has 1 fully saturated rings. The first-order chi connectivity index (χ1) is 14.8. The van der Waals surface area contributed by atoms with Crippen molar-refractivity contribution < 1.29 is 22.8 Å². The van der Waals surface area contributed by atoms with E-state index in [4.69, 9.17) is 0 Å². The molecule has 0 spiro atoms. The molecule has 5 nitrogen and oxygen atoms in total. The predicted octanol–water partition coefficient (Wildman–Crippen LogP) is 4.84. The van der Waals surface area contributed by atoms with Crippen LogP contribution in [-0.4, -0.2) is 24.9 Å². The number of benzene rings is 2. The van der Waals surface area contributed by atoms with Gasteiger partial charge in [0.05, 0.1) is 16.9 Å². The quantitative estimate of drug-likeness (QED) is 0.713. The molecule has 0 bridgehead atoms. The summed E-state index contributed by atoms with van der Waals surface area (Å²) in [5, 5.41) is 5.51. The number of fused-ring (bicyclic) bond motifs is 1. The van der Waals surface area contributed by atoms with Gasteiger partial charge < -0.3 is 15.5 Å². The summed E-state index contributed by atoms with van der Waals surface area (Å²) in [5.74, 6) is -0.880. The Morgan fingerprint density at radius 3 is 2.61 bits per heavy atom. The SMILES string of the molecule is O=C(CC[C@@H]1Cc2ccccc2NC1=O)Nc1cc(C(F)(F)F)ccc1N1CCCC1. The smallest absolute Gasteiger partial charge is 0.370 e. The fourth-order valence-electron chi connectivity index (χ4n) is 4.21. The first kappa shape index (κ1) is 21.2. The van der Waals surface area contributed by atoms with E-state index in [2.05, 4.69) is 10.6 Å². The van der Waals surface area contributed by atoms with Crippen LogP contribution in [0, 0.1) is 5.92 Å². The van der Waals surface area contributed by atoms with Crippen LogP contribution in [0.4, 0.5) is 30.2 Å². The maximum absolute atomic E-state index is 13.2. The first-order valence-electron chi connectivity index (χ1n) is 10.5. The Hall–Kier alpha value is -3.03.